The first kappa shape index (κ1) is 14.6. The van der Waals surface area contributed by atoms with Crippen LogP contribution in [0.15, 0.2) is 24.3 Å². The van der Waals surface area contributed by atoms with E-state index in [1.807, 2.05) is 0 Å². The molecule has 1 heterocycles. The number of carboxylic acids is 1. The fourth-order valence-electron chi connectivity index (χ4n) is 1.92. The Kier molecular flexibility index (Phi) is 4.15. The number of ether oxygens (including phenoxy) is 1. The Morgan fingerprint density at radius 2 is 2.15 bits per heavy atom. The summed E-state index contributed by atoms with van der Waals surface area (Å²) in [6.45, 7) is 0.400. The van der Waals surface area contributed by atoms with E-state index in [-0.39, 0.29) is 26.1 Å². The van der Waals surface area contributed by atoms with Crippen LogP contribution in [0.3, 0.4) is 0 Å². The lowest BCUT2D eigenvalue weighted by atomic mass is 10.2. The molecule has 7 nitrogen and oxygen atoms in total. The average molecular weight is 300 g/mol. The number of hydrogen-bond acceptors (Lipinski definition) is 4. The van der Waals surface area contributed by atoms with Gasteiger partial charge in [-0.2, -0.15) is 12.7 Å². The predicted molar refractivity (Wildman–Crippen MR) is 73.1 cm³/mol. The molecule has 0 aliphatic carbocycles. The normalized spacial score (nSPS) is 14.8. The monoisotopic (exact) mass is 300 g/mol. The summed E-state index contributed by atoms with van der Waals surface area (Å²) in [5.74, 6) is -0.525. The number of carboxylic acid groups (broad SMARTS) is 1. The second-order valence-corrected chi connectivity index (χ2v) is 6.32. The molecule has 0 atom stereocenters. The second kappa shape index (κ2) is 5.68. The molecule has 0 aromatic heterocycles. The largest absolute Gasteiger partial charge is 0.489 e. The van der Waals surface area contributed by atoms with Crippen LogP contribution in [-0.2, 0) is 15.0 Å². The highest BCUT2D eigenvalue weighted by atomic mass is 32.2. The number of anilines is 1. The minimum absolute atomic E-state index is 0.0722. The van der Waals surface area contributed by atoms with Crippen LogP contribution in [0.5, 0.6) is 5.75 Å². The van der Waals surface area contributed by atoms with Crippen LogP contribution in [0, 0.1) is 0 Å². The van der Waals surface area contributed by atoms with Crippen LogP contribution in [0.1, 0.15) is 6.42 Å². The number of nitrogens with zero attached hydrogens (tertiary/aromatic N) is 2. The molecule has 20 heavy (non-hydrogen) atoms. The van der Waals surface area contributed by atoms with E-state index >= 15 is 0 Å². The summed E-state index contributed by atoms with van der Waals surface area (Å²) in [7, 11) is -2.38. The lowest BCUT2D eigenvalue weighted by Gasteiger charge is -2.33. The number of fused-ring (bicyclic) bond motifs is 1. The Hall–Kier alpha value is -1.80. The maximum absolute atomic E-state index is 12.5. The zero-order chi connectivity index (χ0) is 14.8. The van der Waals surface area contributed by atoms with E-state index in [1.165, 1.54) is 11.4 Å². The van der Waals surface area contributed by atoms with Crippen molar-refractivity contribution in [1.29, 1.82) is 0 Å². The highest BCUT2D eigenvalue weighted by Crippen LogP contribution is 2.33. The van der Waals surface area contributed by atoms with Gasteiger partial charge < -0.3 is 9.84 Å². The fraction of sp³-hybridized carbons (Fsp3) is 0.417. The van der Waals surface area contributed by atoms with Crippen LogP contribution in [0.4, 0.5) is 5.69 Å². The zero-order valence-electron chi connectivity index (χ0n) is 11.0. The van der Waals surface area contributed by atoms with Gasteiger partial charge in [0.2, 0.25) is 0 Å². The molecule has 0 bridgehead atoms. The molecule has 1 aromatic carbocycles. The van der Waals surface area contributed by atoms with Crippen molar-refractivity contribution in [2.75, 3.05) is 31.0 Å². The van der Waals surface area contributed by atoms with Gasteiger partial charge in [-0.25, -0.2) is 0 Å². The molecule has 0 amide bonds. The minimum atomic E-state index is -3.75. The second-order valence-electron chi connectivity index (χ2n) is 4.36. The molecule has 0 saturated heterocycles. The first-order valence-corrected chi connectivity index (χ1v) is 7.50. The zero-order valence-corrected chi connectivity index (χ0v) is 11.8. The Balaban J connectivity index is 2.24. The maximum atomic E-state index is 12.5. The third-order valence-corrected chi connectivity index (χ3v) is 4.91. The van der Waals surface area contributed by atoms with Crippen molar-refractivity contribution in [1.82, 2.24) is 4.31 Å². The molecule has 1 aliphatic heterocycles. The van der Waals surface area contributed by atoms with E-state index in [0.717, 1.165) is 4.31 Å². The van der Waals surface area contributed by atoms with Crippen LogP contribution in [0.2, 0.25) is 0 Å². The van der Waals surface area contributed by atoms with Crippen LogP contribution in [-0.4, -0.2) is 50.5 Å². The van der Waals surface area contributed by atoms with E-state index in [4.69, 9.17) is 9.84 Å². The van der Waals surface area contributed by atoms with Crippen molar-refractivity contribution >= 4 is 21.9 Å². The van der Waals surface area contributed by atoms with Gasteiger partial charge in [-0.1, -0.05) is 12.1 Å². The highest BCUT2D eigenvalue weighted by Gasteiger charge is 2.31. The highest BCUT2D eigenvalue weighted by molar-refractivity contribution is 7.90. The molecule has 0 spiro atoms. The molecule has 1 aliphatic rings. The summed E-state index contributed by atoms with van der Waals surface area (Å²) < 4.78 is 32.6. The van der Waals surface area contributed by atoms with Gasteiger partial charge in [0, 0.05) is 13.6 Å². The number of para-hydroxylation sites is 2. The van der Waals surface area contributed by atoms with Crippen molar-refractivity contribution in [3.05, 3.63) is 24.3 Å². The van der Waals surface area contributed by atoms with Gasteiger partial charge in [0.25, 0.3) is 0 Å². The van der Waals surface area contributed by atoms with E-state index in [9.17, 15) is 13.2 Å². The Bertz CT molecular complexity index is 602. The number of aliphatic carboxylic acids is 1. The van der Waals surface area contributed by atoms with Crippen LogP contribution >= 0.6 is 0 Å². The van der Waals surface area contributed by atoms with Crippen molar-refractivity contribution in [2.45, 2.75) is 6.42 Å². The van der Waals surface area contributed by atoms with Crippen LogP contribution in [0.25, 0.3) is 0 Å². The summed E-state index contributed by atoms with van der Waals surface area (Å²) in [5, 5.41) is 8.64. The summed E-state index contributed by atoms with van der Waals surface area (Å²) in [4.78, 5) is 10.6. The van der Waals surface area contributed by atoms with Gasteiger partial charge >= 0.3 is 16.2 Å². The fourth-order valence-corrected chi connectivity index (χ4v) is 3.28. The number of rotatable bonds is 5. The van der Waals surface area contributed by atoms with E-state index in [2.05, 4.69) is 0 Å². The van der Waals surface area contributed by atoms with Crippen molar-refractivity contribution in [3.63, 3.8) is 0 Å². The minimum Gasteiger partial charge on any atom is -0.489 e. The van der Waals surface area contributed by atoms with Crippen LogP contribution < -0.4 is 9.04 Å². The Morgan fingerprint density at radius 3 is 2.85 bits per heavy atom. The van der Waals surface area contributed by atoms with E-state index in [0.29, 0.717) is 11.4 Å². The number of hydrogen-bond donors (Lipinski definition) is 1. The maximum Gasteiger partial charge on any atom is 0.304 e. The predicted octanol–water partition coefficient (Wildman–Crippen LogP) is 0.537. The van der Waals surface area contributed by atoms with Gasteiger partial charge in [-0.3, -0.25) is 9.10 Å². The van der Waals surface area contributed by atoms with Gasteiger partial charge in [-0.05, 0) is 12.1 Å². The van der Waals surface area contributed by atoms with Gasteiger partial charge in [0.1, 0.15) is 12.4 Å². The first-order valence-electron chi connectivity index (χ1n) is 6.10. The standard InChI is InChI=1S/C12H16N2O5S/c1-13(7-6-12(15)16)20(17,18)14-8-9-19-11-5-3-2-4-10(11)14/h2-5H,6-9H2,1H3,(H,15,16). The molecule has 1 N–H and O–H groups in total. The third-order valence-electron chi connectivity index (χ3n) is 3.00. The number of benzene rings is 1. The lowest BCUT2D eigenvalue weighted by Crippen LogP contribution is -2.46. The third kappa shape index (κ3) is 2.86. The molecule has 0 radical (unpaired) electrons. The molecule has 0 saturated carbocycles. The molecule has 0 unspecified atom stereocenters. The lowest BCUT2D eigenvalue weighted by molar-refractivity contribution is -0.137. The van der Waals surface area contributed by atoms with Crippen molar-refractivity contribution in [2.24, 2.45) is 0 Å². The molecule has 0 fully saturated rings. The molecule has 110 valence electrons. The first-order chi connectivity index (χ1) is 9.43. The molecular weight excluding hydrogens is 284 g/mol. The quantitative estimate of drug-likeness (QED) is 0.857. The average Bonchev–Trinajstić information content (AvgIpc) is 2.43. The molecule has 8 heteroatoms. The van der Waals surface area contributed by atoms with Gasteiger partial charge in [-0.15, -0.1) is 0 Å². The van der Waals surface area contributed by atoms with Crippen molar-refractivity contribution < 1.29 is 23.1 Å². The van der Waals surface area contributed by atoms with E-state index < -0.39 is 16.2 Å². The smallest absolute Gasteiger partial charge is 0.304 e. The SMILES string of the molecule is CN(CCC(=O)O)S(=O)(=O)N1CCOc2ccccc21. The van der Waals surface area contributed by atoms with Gasteiger partial charge in [0.05, 0.1) is 18.7 Å². The molecule has 1 aromatic rings. The summed E-state index contributed by atoms with van der Waals surface area (Å²) in [5.41, 5.74) is 0.473. The summed E-state index contributed by atoms with van der Waals surface area (Å²) in [6.07, 6.45) is -0.234. The van der Waals surface area contributed by atoms with Crippen molar-refractivity contribution in [3.8, 4) is 5.75 Å². The van der Waals surface area contributed by atoms with E-state index in [1.54, 1.807) is 24.3 Å². The topological polar surface area (TPSA) is 87.2 Å². The Morgan fingerprint density at radius 1 is 1.45 bits per heavy atom. The molecule has 2 rings (SSSR count). The summed E-state index contributed by atoms with van der Waals surface area (Å²) >= 11 is 0. The molecular formula is C12H16N2O5S. The Labute approximate surface area is 117 Å². The number of carbonyl (C=O) groups is 1. The van der Waals surface area contributed by atoms with Gasteiger partial charge in [0.15, 0.2) is 0 Å². The summed E-state index contributed by atoms with van der Waals surface area (Å²) in [6, 6.07) is 6.86.